The lowest BCUT2D eigenvalue weighted by Gasteiger charge is -2.08. The highest BCUT2D eigenvalue weighted by atomic mass is 35.5. The molecule has 0 saturated heterocycles. The molecule has 0 spiro atoms. The molecule has 144 valence electrons. The normalized spacial score (nSPS) is 11.0. The number of ether oxygens (including phenoxy) is 1. The Labute approximate surface area is 164 Å². The van der Waals surface area contributed by atoms with Crippen LogP contribution in [0.3, 0.4) is 0 Å². The SMILES string of the molecule is CCOc1c(Cl)cc(/C=N/NC(=O)CCc2c(C)[nH]c(=O)[nH]c2=O)cc1Cl. The summed E-state index contributed by atoms with van der Waals surface area (Å²) in [4.78, 5) is 39.4. The Kier molecular flexibility index (Phi) is 7.20. The van der Waals surface area contributed by atoms with Gasteiger partial charge < -0.3 is 9.72 Å². The van der Waals surface area contributed by atoms with E-state index in [1.165, 1.54) is 6.21 Å². The molecule has 0 aliphatic rings. The molecule has 1 aromatic carbocycles. The molecule has 2 aromatic rings. The number of aryl methyl sites for hydroxylation is 1. The molecule has 0 atom stereocenters. The van der Waals surface area contributed by atoms with E-state index in [2.05, 4.69) is 20.5 Å². The number of rotatable bonds is 7. The number of carbonyl (C=O) groups is 1. The third kappa shape index (κ3) is 5.70. The quantitative estimate of drug-likeness (QED) is 0.476. The molecule has 0 aliphatic heterocycles. The first-order chi connectivity index (χ1) is 12.8. The van der Waals surface area contributed by atoms with Crippen LogP contribution in [0.25, 0.3) is 0 Å². The second-order valence-corrected chi connectivity index (χ2v) is 6.37. The van der Waals surface area contributed by atoms with Crippen LogP contribution >= 0.6 is 23.2 Å². The highest BCUT2D eigenvalue weighted by molar-refractivity contribution is 6.37. The minimum Gasteiger partial charge on any atom is -0.491 e. The number of amides is 1. The first-order valence-electron chi connectivity index (χ1n) is 8.07. The van der Waals surface area contributed by atoms with Crippen molar-refractivity contribution >= 4 is 35.3 Å². The fraction of sp³-hybridized carbons (Fsp3) is 0.294. The van der Waals surface area contributed by atoms with E-state index in [9.17, 15) is 14.4 Å². The first kappa shape index (κ1) is 20.7. The molecule has 1 aromatic heterocycles. The maximum absolute atomic E-state index is 11.9. The molecule has 0 radical (unpaired) electrons. The Bertz CT molecular complexity index is 959. The van der Waals surface area contributed by atoms with Crippen LogP contribution in [0.1, 0.15) is 30.2 Å². The number of carbonyl (C=O) groups excluding carboxylic acids is 1. The number of nitrogens with one attached hydrogen (secondary N) is 3. The van der Waals surface area contributed by atoms with Gasteiger partial charge >= 0.3 is 5.69 Å². The molecular formula is C17H18Cl2N4O4. The summed E-state index contributed by atoms with van der Waals surface area (Å²) in [6.07, 6.45) is 1.58. The van der Waals surface area contributed by atoms with Gasteiger partial charge in [0.25, 0.3) is 5.56 Å². The zero-order valence-electron chi connectivity index (χ0n) is 14.7. The summed E-state index contributed by atoms with van der Waals surface area (Å²) in [6.45, 7) is 3.85. The highest BCUT2D eigenvalue weighted by Gasteiger charge is 2.10. The maximum atomic E-state index is 11.9. The number of hydrazone groups is 1. The van der Waals surface area contributed by atoms with Crippen LogP contribution < -0.4 is 21.4 Å². The summed E-state index contributed by atoms with van der Waals surface area (Å²) < 4.78 is 5.34. The standard InChI is InChI=1S/C17H18Cl2N4O4/c1-3-27-15-12(18)6-10(7-13(15)19)8-20-23-14(24)5-4-11-9(2)21-17(26)22-16(11)25/h6-8H,3-5H2,1-2H3,(H,23,24)(H2,21,22,25,26)/b20-8+. The first-order valence-corrected chi connectivity index (χ1v) is 8.83. The molecule has 1 heterocycles. The number of hydrogen-bond acceptors (Lipinski definition) is 5. The van der Waals surface area contributed by atoms with Crippen LogP contribution in [-0.2, 0) is 11.2 Å². The molecule has 0 bridgehead atoms. The van der Waals surface area contributed by atoms with Crippen LogP contribution in [0.2, 0.25) is 10.0 Å². The number of halogens is 2. The topological polar surface area (TPSA) is 116 Å². The Morgan fingerprint density at radius 2 is 1.93 bits per heavy atom. The van der Waals surface area contributed by atoms with E-state index in [4.69, 9.17) is 27.9 Å². The number of benzene rings is 1. The summed E-state index contributed by atoms with van der Waals surface area (Å²) in [5, 5.41) is 4.52. The fourth-order valence-corrected chi connectivity index (χ4v) is 2.95. The third-order valence-electron chi connectivity index (χ3n) is 3.57. The molecule has 0 fully saturated rings. The highest BCUT2D eigenvalue weighted by Crippen LogP contribution is 2.33. The van der Waals surface area contributed by atoms with E-state index >= 15 is 0 Å². The van der Waals surface area contributed by atoms with E-state index in [1.54, 1.807) is 19.1 Å². The van der Waals surface area contributed by atoms with Gasteiger partial charge in [-0.15, -0.1) is 0 Å². The van der Waals surface area contributed by atoms with Crippen molar-refractivity contribution < 1.29 is 9.53 Å². The second-order valence-electron chi connectivity index (χ2n) is 5.55. The molecule has 0 saturated carbocycles. The van der Waals surface area contributed by atoms with Crippen LogP contribution in [0.5, 0.6) is 5.75 Å². The van der Waals surface area contributed by atoms with Gasteiger partial charge in [-0.2, -0.15) is 5.10 Å². The van der Waals surface area contributed by atoms with Gasteiger partial charge in [0.15, 0.2) is 5.75 Å². The molecule has 0 aliphatic carbocycles. The fourth-order valence-electron chi connectivity index (χ4n) is 2.34. The number of aromatic amines is 2. The smallest absolute Gasteiger partial charge is 0.325 e. The van der Waals surface area contributed by atoms with Crippen molar-refractivity contribution in [2.45, 2.75) is 26.7 Å². The summed E-state index contributed by atoms with van der Waals surface area (Å²) in [5.74, 6) is 0.00268. The minimum absolute atomic E-state index is 0.0259. The zero-order valence-corrected chi connectivity index (χ0v) is 16.2. The Hall–Kier alpha value is -2.58. The molecule has 10 heteroatoms. The number of H-pyrrole nitrogens is 2. The van der Waals surface area contributed by atoms with E-state index in [-0.39, 0.29) is 18.7 Å². The van der Waals surface area contributed by atoms with E-state index in [0.717, 1.165) is 0 Å². The van der Waals surface area contributed by atoms with Gasteiger partial charge in [0.1, 0.15) is 0 Å². The number of hydrogen-bond donors (Lipinski definition) is 3. The van der Waals surface area contributed by atoms with Crippen molar-refractivity contribution in [2.75, 3.05) is 6.61 Å². The van der Waals surface area contributed by atoms with Gasteiger partial charge in [0.2, 0.25) is 5.91 Å². The Morgan fingerprint density at radius 1 is 1.26 bits per heavy atom. The van der Waals surface area contributed by atoms with Gasteiger partial charge in [0, 0.05) is 17.7 Å². The van der Waals surface area contributed by atoms with Crippen molar-refractivity contribution in [1.82, 2.24) is 15.4 Å². The van der Waals surface area contributed by atoms with Gasteiger partial charge in [-0.3, -0.25) is 14.6 Å². The predicted octanol–water partition coefficient (Wildman–Crippen LogP) is 2.16. The van der Waals surface area contributed by atoms with Gasteiger partial charge in [0.05, 0.1) is 22.9 Å². The summed E-state index contributed by atoms with van der Waals surface area (Å²) in [7, 11) is 0. The molecule has 8 nitrogen and oxygen atoms in total. The summed E-state index contributed by atoms with van der Waals surface area (Å²) in [5.41, 5.74) is 2.63. The molecule has 27 heavy (non-hydrogen) atoms. The van der Waals surface area contributed by atoms with E-state index < -0.39 is 11.2 Å². The lowest BCUT2D eigenvalue weighted by molar-refractivity contribution is -0.121. The van der Waals surface area contributed by atoms with Crippen molar-refractivity contribution in [3.8, 4) is 5.75 Å². The van der Waals surface area contributed by atoms with Crippen LogP contribution in [0.15, 0.2) is 26.8 Å². The minimum atomic E-state index is -0.581. The van der Waals surface area contributed by atoms with E-state index in [0.29, 0.717) is 39.2 Å². The Morgan fingerprint density at radius 3 is 2.52 bits per heavy atom. The Balaban J connectivity index is 1.96. The summed E-state index contributed by atoms with van der Waals surface area (Å²) >= 11 is 12.2. The van der Waals surface area contributed by atoms with Crippen molar-refractivity contribution in [3.63, 3.8) is 0 Å². The van der Waals surface area contributed by atoms with Crippen molar-refractivity contribution in [2.24, 2.45) is 5.10 Å². The number of nitrogens with zero attached hydrogens (tertiary/aromatic N) is 1. The average molecular weight is 413 g/mol. The lowest BCUT2D eigenvalue weighted by Crippen LogP contribution is -2.28. The number of aromatic nitrogens is 2. The van der Waals surface area contributed by atoms with Gasteiger partial charge in [-0.1, -0.05) is 23.2 Å². The summed E-state index contributed by atoms with van der Waals surface area (Å²) in [6, 6.07) is 3.22. The third-order valence-corrected chi connectivity index (χ3v) is 4.13. The van der Waals surface area contributed by atoms with Crippen molar-refractivity contribution in [3.05, 3.63) is 59.8 Å². The zero-order chi connectivity index (χ0) is 20.0. The van der Waals surface area contributed by atoms with Crippen LogP contribution in [0, 0.1) is 6.92 Å². The molecule has 1 amide bonds. The monoisotopic (exact) mass is 412 g/mol. The van der Waals surface area contributed by atoms with Crippen LogP contribution in [0.4, 0.5) is 0 Å². The van der Waals surface area contributed by atoms with Crippen molar-refractivity contribution in [1.29, 1.82) is 0 Å². The molecule has 2 rings (SSSR count). The maximum Gasteiger partial charge on any atom is 0.325 e. The second kappa shape index (κ2) is 9.38. The van der Waals surface area contributed by atoms with E-state index in [1.807, 2.05) is 6.92 Å². The average Bonchev–Trinajstić information content (AvgIpc) is 2.57. The molecular weight excluding hydrogens is 395 g/mol. The predicted molar refractivity (Wildman–Crippen MR) is 104 cm³/mol. The van der Waals surface area contributed by atoms with Gasteiger partial charge in [-0.05, 0) is 38.0 Å². The molecule has 3 N–H and O–H groups in total. The molecule has 0 unspecified atom stereocenters. The largest absolute Gasteiger partial charge is 0.491 e. The van der Waals surface area contributed by atoms with Gasteiger partial charge in [-0.25, -0.2) is 10.2 Å². The van der Waals surface area contributed by atoms with Crippen LogP contribution in [-0.4, -0.2) is 28.7 Å². The lowest BCUT2D eigenvalue weighted by atomic mass is 10.1.